The Labute approximate surface area is 166 Å². The molecule has 0 heteroatoms. The van der Waals surface area contributed by atoms with E-state index in [4.69, 9.17) is 0 Å². The van der Waals surface area contributed by atoms with Crippen molar-refractivity contribution in [1.29, 1.82) is 0 Å². The molecule has 7 unspecified atom stereocenters. The molecule has 0 N–H and O–H groups in total. The summed E-state index contributed by atoms with van der Waals surface area (Å²) in [6.45, 7) is 22.4. The second kappa shape index (κ2) is 9.00. The largest absolute Gasteiger partial charge is 0.0628 e. The predicted octanol–water partition coefficient (Wildman–Crippen LogP) is 8.46. The zero-order valence-electron chi connectivity index (χ0n) is 19.6. The minimum absolute atomic E-state index is 0.456. The van der Waals surface area contributed by atoms with Crippen LogP contribution in [0.3, 0.4) is 0 Å². The molecule has 0 amide bonds. The molecule has 0 saturated heterocycles. The summed E-state index contributed by atoms with van der Waals surface area (Å²) in [5.41, 5.74) is 0.456. The van der Waals surface area contributed by atoms with E-state index >= 15 is 0 Å². The standard InChI is InChI=1S/C26H50/c1-17(2)10-11-23(26(7,8)9)14-20(6)24-16-21(18(3)4)15-22-12-19(5)13-25(22)24/h17-25H,10-16H2,1-9H3. The Morgan fingerprint density at radius 2 is 1.50 bits per heavy atom. The van der Waals surface area contributed by atoms with Gasteiger partial charge in [0.1, 0.15) is 0 Å². The second-order valence-corrected chi connectivity index (χ2v) is 12.4. The summed E-state index contributed by atoms with van der Waals surface area (Å²) in [6.07, 6.45) is 10.4. The Hall–Kier alpha value is 0. The summed E-state index contributed by atoms with van der Waals surface area (Å²) in [7, 11) is 0. The molecule has 2 aliphatic rings. The lowest BCUT2D eigenvalue weighted by Gasteiger charge is -2.45. The monoisotopic (exact) mass is 362 g/mol. The minimum atomic E-state index is 0.456. The van der Waals surface area contributed by atoms with Gasteiger partial charge in [-0.05, 0) is 97.2 Å². The van der Waals surface area contributed by atoms with E-state index in [1.165, 1.54) is 44.9 Å². The molecule has 0 nitrogen and oxygen atoms in total. The summed E-state index contributed by atoms with van der Waals surface area (Å²) >= 11 is 0. The Bertz CT molecular complexity index is 412. The van der Waals surface area contributed by atoms with Crippen molar-refractivity contribution in [3.8, 4) is 0 Å². The van der Waals surface area contributed by atoms with Gasteiger partial charge in [-0.15, -0.1) is 0 Å². The molecule has 154 valence electrons. The summed E-state index contributed by atoms with van der Waals surface area (Å²) in [6, 6.07) is 0. The van der Waals surface area contributed by atoms with Crippen molar-refractivity contribution in [2.45, 2.75) is 107 Å². The molecule has 0 aromatic rings. The Kier molecular flexibility index (Phi) is 7.72. The highest BCUT2D eigenvalue weighted by Gasteiger charge is 2.45. The average Bonchev–Trinajstić information content (AvgIpc) is 2.88. The van der Waals surface area contributed by atoms with E-state index in [1.54, 1.807) is 0 Å². The van der Waals surface area contributed by atoms with Crippen molar-refractivity contribution >= 4 is 0 Å². The van der Waals surface area contributed by atoms with Crippen molar-refractivity contribution in [1.82, 2.24) is 0 Å². The summed E-state index contributed by atoms with van der Waals surface area (Å²) in [5, 5.41) is 0. The molecule has 7 atom stereocenters. The van der Waals surface area contributed by atoms with Gasteiger partial charge in [0.05, 0.1) is 0 Å². The maximum Gasteiger partial charge on any atom is -0.0352 e. The quantitative estimate of drug-likeness (QED) is 0.426. The summed E-state index contributed by atoms with van der Waals surface area (Å²) in [5.74, 6) is 8.55. The first kappa shape index (κ1) is 22.3. The van der Waals surface area contributed by atoms with Crippen LogP contribution in [0.25, 0.3) is 0 Å². The number of hydrogen-bond donors (Lipinski definition) is 0. The first-order valence-electron chi connectivity index (χ1n) is 12.0. The third-order valence-corrected chi connectivity index (χ3v) is 8.36. The summed E-state index contributed by atoms with van der Waals surface area (Å²) in [4.78, 5) is 0. The average molecular weight is 363 g/mol. The number of fused-ring (bicyclic) bond motifs is 1. The lowest BCUT2D eigenvalue weighted by atomic mass is 9.60. The van der Waals surface area contributed by atoms with Crippen molar-refractivity contribution in [2.75, 3.05) is 0 Å². The molecule has 0 spiro atoms. The maximum absolute atomic E-state index is 2.63. The van der Waals surface area contributed by atoms with E-state index in [0.29, 0.717) is 5.41 Å². The molecule has 0 bridgehead atoms. The van der Waals surface area contributed by atoms with Crippen LogP contribution in [0.15, 0.2) is 0 Å². The van der Waals surface area contributed by atoms with Gasteiger partial charge in [0.15, 0.2) is 0 Å². The molecular formula is C26H50. The van der Waals surface area contributed by atoms with Gasteiger partial charge in [0.25, 0.3) is 0 Å². The number of hydrogen-bond acceptors (Lipinski definition) is 0. The van der Waals surface area contributed by atoms with E-state index in [1.807, 2.05) is 0 Å². The van der Waals surface area contributed by atoms with Gasteiger partial charge in [0, 0.05) is 0 Å². The zero-order valence-corrected chi connectivity index (χ0v) is 19.6. The highest BCUT2D eigenvalue weighted by molar-refractivity contribution is 4.95. The second-order valence-electron chi connectivity index (χ2n) is 12.4. The van der Waals surface area contributed by atoms with Crippen molar-refractivity contribution < 1.29 is 0 Å². The smallest absolute Gasteiger partial charge is 0.0352 e. The Morgan fingerprint density at radius 1 is 0.846 bits per heavy atom. The third kappa shape index (κ3) is 5.75. The van der Waals surface area contributed by atoms with Crippen LogP contribution < -0.4 is 0 Å². The zero-order chi connectivity index (χ0) is 19.6. The minimum Gasteiger partial charge on any atom is -0.0628 e. The van der Waals surface area contributed by atoms with Crippen LogP contribution in [-0.4, -0.2) is 0 Å². The Balaban J connectivity index is 2.09. The van der Waals surface area contributed by atoms with E-state index in [2.05, 4.69) is 62.3 Å². The third-order valence-electron chi connectivity index (χ3n) is 8.36. The van der Waals surface area contributed by atoms with Crippen LogP contribution in [0.5, 0.6) is 0 Å². The van der Waals surface area contributed by atoms with Crippen LogP contribution in [0.1, 0.15) is 107 Å². The molecule has 2 fully saturated rings. The van der Waals surface area contributed by atoms with Gasteiger partial charge < -0.3 is 0 Å². The van der Waals surface area contributed by atoms with Crippen molar-refractivity contribution in [3.05, 3.63) is 0 Å². The van der Waals surface area contributed by atoms with Crippen LogP contribution in [-0.2, 0) is 0 Å². The molecule has 2 rings (SSSR count). The fraction of sp³-hybridized carbons (Fsp3) is 1.00. The van der Waals surface area contributed by atoms with Crippen LogP contribution in [0.4, 0.5) is 0 Å². The first-order chi connectivity index (χ1) is 12.0. The normalized spacial score (nSPS) is 35.0. The van der Waals surface area contributed by atoms with Crippen LogP contribution >= 0.6 is 0 Å². The van der Waals surface area contributed by atoms with Gasteiger partial charge in [0.2, 0.25) is 0 Å². The van der Waals surface area contributed by atoms with E-state index in [9.17, 15) is 0 Å². The fourth-order valence-corrected chi connectivity index (χ4v) is 6.51. The van der Waals surface area contributed by atoms with Crippen molar-refractivity contribution in [3.63, 3.8) is 0 Å². The van der Waals surface area contributed by atoms with E-state index in [0.717, 1.165) is 53.3 Å². The van der Waals surface area contributed by atoms with Crippen LogP contribution in [0.2, 0.25) is 0 Å². The predicted molar refractivity (Wildman–Crippen MR) is 117 cm³/mol. The van der Waals surface area contributed by atoms with Gasteiger partial charge in [-0.2, -0.15) is 0 Å². The molecule has 0 aromatic heterocycles. The maximum atomic E-state index is 2.63. The van der Waals surface area contributed by atoms with Crippen LogP contribution in [0, 0.1) is 58.7 Å². The SMILES string of the molecule is CC(C)CCC(CC(C)C1CC(C(C)C)CC2CC(C)CC21)C(C)(C)C. The Morgan fingerprint density at radius 3 is 2.04 bits per heavy atom. The molecule has 0 aliphatic heterocycles. The lowest BCUT2D eigenvalue weighted by molar-refractivity contribution is 0.0478. The summed E-state index contributed by atoms with van der Waals surface area (Å²) < 4.78 is 0. The topological polar surface area (TPSA) is 0 Å². The lowest BCUT2D eigenvalue weighted by Crippen LogP contribution is -2.36. The highest BCUT2D eigenvalue weighted by atomic mass is 14.5. The molecule has 2 aliphatic carbocycles. The van der Waals surface area contributed by atoms with Gasteiger partial charge in [-0.3, -0.25) is 0 Å². The van der Waals surface area contributed by atoms with Gasteiger partial charge >= 0.3 is 0 Å². The molecule has 0 heterocycles. The van der Waals surface area contributed by atoms with Gasteiger partial charge in [-0.25, -0.2) is 0 Å². The van der Waals surface area contributed by atoms with E-state index < -0.39 is 0 Å². The van der Waals surface area contributed by atoms with E-state index in [-0.39, 0.29) is 0 Å². The first-order valence-corrected chi connectivity index (χ1v) is 12.0. The molecular weight excluding hydrogens is 312 g/mol. The fourth-order valence-electron chi connectivity index (χ4n) is 6.51. The van der Waals surface area contributed by atoms with Gasteiger partial charge in [-0.1, -0.05) is 68.7 Å². The molecule has 2 saturated carbocycles. The highest BCUT2D eigenvalue weighted by Crippen LogP contribution is 2.54. The molecule has 0 radical (unpaired) electrons. The molecule has 0 aromatic carbocycles. The molecule has 26 heavy (non-hydrogen) atoms. The number of rotatable bonds is 7. The van der Waals surface area contributed by atoms with Crippen molar-refractivity contribution in [2.24, 2.45) is 58.7 Å².